The van der Waals surface area contributed by atoms with Crippen molar-refractivity contribution in [1.29, 1.82) is 0 Å². The fraction of sp³-hybridized carbons (Fsp3) is 0.148. The number of thiazole rings is 1. The van der Waals surface area contributed by atoms with Crippen molar-refractivity contribution < 1.29 is 28.9 Å². The fourth-order valence-electron chi connectivity index (χ4n) is 4.33. The van der Waals surface area contributed by atoms with E-state index in [4.69, 9.17) is 14.2 Å². The number of nitrogens with zero attached hydrogens (tertiary/aromatic N) is 2. The first kappa shape index (κ1) is 23.4. The Kier molecular flexibility index (Phi) is 6.07. The molecule has 9 heteroatoms. The van der Waals surface area contributed by atoms with E-state index in [0.29, 0.717) is 39.0 Å². The Morgan fingerprint density at radius 2 is 1.72 bits per heavy atom. The maximum absolute atomic E-state index is 13.5. The second-order valence-electron chi connectivity index (χ2n) is 7.95. The molecule has 1 atom stereocenters. The van der Waals surface area contributed by atoms with Crippen molar-refractivity contribution >= 4 is 44.1 Å². The first-order valence-electron chi connectivity index (χ1n) is 11.0. The largest absolute Gasteiger partial charge is 0.507 e. The third-order valence-electron chi connectivity index (χ3n) is 6.01. The first-order valence-corrected chi connectivity index (χ1v) is 11.8. The minimum absolute atomic E-state index is 0.0606. The van der Waals surface area contributed by atoms with E-state index in [1.165, 1.54) is 30.5 Å². The van der Waals surface area contributed by atoms with Crippen LogP contribution in [0.25, 0.3) is 16.0 Å². The van der Waals surface area contributed by atoms with Gasteiger partial charge in [-0.2, -0.15) is 0 Å². The van der Waals surface area contributed by atoms with Crippen LogP contribution in [0.1, 0.15) is 17.2 Å². The second kappa shape index (κ2) is 9.35. The van der Waals surface area contributed by atoms with Crippen LogP contribution in [0.4, 0.5) is 5.13 Å². The number of para-hydroxylation sites is 1. The van der Waals surface area contributed by atoms with E-state index >= 15 is 0 Å². The maximum atomic E-state index is 13.5. The Morgan fingerprint density at radius 1 is 0.944 bits per heavy atom. The number of aromatic nitrogens is 1. The van der Waals surface area contributed by atoms with Crippen LogP contribution in [0, 0.1) is 0 Å². The monoisotopic (exact) mass is 502 g/mol. The highest BCUT2D eigenvalue weighted by Gasteiger charge is 2.49. The molecule has 1 fully saturated rings. The molecule has 0 saturated carbocycles. The van der Waals surface area contributed by atoms with Gasteiger partial charge in [-0.05, 0) is 24.3 Å². The van der Waals surface area contributed by atoms with Crippen molar-refractivity contribution in [2.75, 3.05) is 26.2 Å². The van der Waals surface area contributed by atoms with Crippen LogP contribution in [0.3, 0.4) is 0 Å². The molecule has 0 aliphatic carbocycles. The van der Waals surface area contributed by atoms with Crippen molar-refractivity contribution in [3.05, 3.63) is 83.4 Å². The molecule has 4 aromatic rings. The molecule has 1 N–H and O–H groups in total. The predicted molar refractivity (Wildman–Crippen MR) is 137 cm³/mol. The summed E-state index contributed by atoms with van der Waals surface area (Å²) in [6.45, 7) is 0. The standard InChI is InChI=1S/C27H22N2O6S/c1-33-16-12-13-18-20(14-16)36-27(28-18)29-22(17-10-7-11-19(34-2)25(17)35-3)21(24(31)26(29)32)23(30)15-8-5-4-6-9-15/h4-14,22,30H,1-3H3/t22-/m1/s1. The SMILES string of the molecule is COc1ccc2nc(N3C(=O)C(=O)C(=C(O)c4ccccc4)[C@H]3c3cccc(OC)c3OC)sc2c1. The number of carbonyl (C=O) groups excluding carboxylic acids is 2. The van der Waals surface area contributed by atoms with Crippen LogP contribution in [-0.2, 0) is 9.59 Å². The van der Waals surface area contributed by atoms with E-state index in [1.54, 1.807) is 67.8 Å². The Morgan fingerprint density at radius 3 is 2.42 bits per heavy atom. The maximum Gasteiger partial charge on any atom is 0.301 e. The molecule has 182 valence electrons. The number of Topliss-reactive ketones (excluding diaryl/α,β-unsaturated/α-hetero) is 1. The molecule has 0 unspecified atom stereocenters. The van der Waals surface area contributed by atoms with Gasteiger partial charge in [-0.1, -0.05) is 53.8 Å². The molecule has 8 nitrogen and oxygen atoms in total. The quantitative estimate of drug-likeness (QED) is 0.226. The van der Waals surface area contributed by atoms with E-state index in [2.05, 4.69) is 4.98 Å². The lowest BCUT2D eigenvalue weighted by molar-refractivity contribution is -0.132. The summed E-state index contributed by atoms with van der Waals surface area (Å²) in [5, 5.41) is 11.6. The van der Waals surface area contributed by atoms with Crippen LogP contribution in [-0.4, -0.2) is 43.1 Å². The zero-order valence-electron chi connectivity index (χ0n) is 19.7. The molecule has 0 spiro atoms. The highest BCUT2D eigenvalue weighted by Crippen LogP contribution is 2.48. The van der Waals surface area contributed by atoms with Crippen LogP contribution in [0.15, 0.2) is 72.3 Å². The van der Waals surface area contributed by atoms with Gasteiger partial charge in [-0.3, -0.25) is 14.5 Å². The van der Waals surface area contributed by atoms with Crippen LogP contribution in [0.2, 0.25) is 0 Å². The highest BCUT2D eigenvalue weighted by atomic mass is 32.1. The lowest BCUT2D eigenvalue weighted by Crippen LogP contribution is -2.29. The number of methoxy groups -OCH3 is 3. The summed E-state index contributed by atoms with van der Waals surface area (Å²) in [7, 11) is 4.55. The number of ketones is 1. The number of aliphatic hydroxyl groups is 1. The predicted octanol–water partition coefficient (Wildman–Crippen LogP) is 4.95. The van der Waals surface area contributed by atoms with Crippen LogP contribution < -0.4 is 19.1 Å². The molecule has 36 heavy (non-hydrogen) atoms. The number of aliphatic hydroxyl groups excluding tert-OH is 1. The molecule has 2 heterocycles. The third kappa shape index (κ3) is 3.74. The number of benzene rings is 3. The summed E-state index contributed by atoms with van der Waals surface area (Å²) in [6, 6.07) is 18.2. The zero-order valence-corrected chi connectivity index (χ0v) is 20.5. The molecule has 1 amide bonds. The van der Waals surface area contributed by atoms with E-state index in [1.807, 2.05) is 6.07 Å². The van der Waals surface area contributed by atoms with E-state index in [9.17, 15) is 14.7 Å². The van der Waals surface area contributed by atoms with E-state index in [-0.39, 0.29) is 11.3 Å². The lowest BCUT2D eigenvalue weighted by Gasteiger charge is -2.25. The summed E-state index contributed by atoms with van der Waals surface area (Å²) < 4.78 is 17.2. The summed E-state index contributed by atoms with van der Waals surface area (Å²) in [4.78, 5) is 32.9. The van der Waals surface area contributed by atoms with Crippen LogP contribution in [0.5, 0.6) is 17.2 Å². The van der Waals surface area contributed by atoms with Gasteiger partial charge in [0.1, 0.15) is 17.6 Å². The summed E-state index contributed by atoms with van der Waals surface area (Å²) >= 11 is 1.25. The Labute approximate surface area is 211 Å². The molecule has 1 saturated heterocycles. The van der Waals surface area contributed by atoms with Gasteiger partial charge >= 0.3 is 5.91 Å². The second-order valence-corrected chi connectivity index (χ2v) is 8.96. The van der Waals surface area contributed by atoms with Crippen molar-refractivity contribution in [2.45, 2.75) is 6.04 Å². The van der Waals surface area contributed by atoms with Crippen molar-refractivity contribution in [2.24, 2.45) is 0 Å². The Balaban J connectivity index is 1.78. The van der Waals surface area contributed by atoms with Gasteiger partial charge in [0.25, 0.3) is 5.78 Å². The Hall–Kier alpha value is -4.37. The van der Waals surface area contributed by atoms with Gasteiger partial charge in [-0.15, -0.1) is 0 Å². The molecule has 0 bridgehead atoms. The molecule has 5 rings (SSSR count). The minimum atomic E-state index is -1.00. The van der Waals surface area contributed by atoms with Gasteiger partial charge < -0.3 is 19.3 Å². The number of anilines is 1. The first-order chi connectivity index (χ1) is 17.5. The van der Waals surface area contributed by atoms with Crippen molar-refractivity contribution in [3.63, 3.8) is 0 Å². The van der Waals surface area contributed by atoms with E-state index in [0.717, 1.165) is 4.70 Å². The van der Waals surface area contributed by atoms with Gasteiger partial charge in [0.05, 0.1) is 37.1 Å². The highest BCUT2D eigenvalue weighted by molar-refractivity contribution is 7.22. The van der Waals surface area contributed by atoms with Gasteiger partial charge in [0.15, 0.2) is 16.6 Å². The molecule has 0 radical (unpaired) electrons. The zero-order chi connectivity index (χ0) is 25.4. The minimum Gasteiger partial charge on any atom is -0.507 e. The Bertz CT molecular complexity index is 1510. The molecule has 1 aliphatic rings. The van der Waals surface area contributed by atoms with Gasteiger partial charge in [-0.25, -0.2) is 4.98 Å². The number of carbonyl (C=O) groups is 2. The fourth-order valence-corrected chi connectivity index (χ4v) is 5.35. The summed E-state index contributed by atoms with van der Waals surface area (Å²) in [6.07, 6.45) is 0. The number of fused-ring (bicyclic) bond motifs is 1. The topological polar surface area (TPSA) is 98.2 Å². The molecular formula is C27H22N2O6S. The van der Waals surface area contributed by atoms with Crippen molar-refractivity contribution in [1.82, 2.24) is 4.98 Å². The average Bonchev–Trinajstić information content (AvgIpc) is 3.45. The van der Waals surface area contributed by atoms with Crippen molar-refractivity contribution in [3.8, 4) is 17.2 Å². The van der Waals surface area contributed by atoms with E-state index < -0.39 is 17.7 Å². The number of rotatable bonds is 6. The number of amides is 1. The van der Waals surface area contributed by atoms with Gasteiger partial charge in [0, 0.05) is 11.1 Å². The number of hydrogen-bond donors (Lipinski definition) is 1. The van der Waals surface area contributed by atoms with Crippen LogP contribution >= 0.6 is 11.3 Å². The summed E-state index contributed by atoms with van der Waals surface area (Å²) in [5.41, 5.74) is 1.48. The lowest BCUT2D eigenvalue weighted by atomic mass is 9.94. The normalized spacial score (nSPS) is 17.0. The number of ether oxygens (including phenoxy) is 3. The number of hydrogen-bond acceptors (Lipinski definition) is 8. The third-order valence-corrected chi connectivity index (χ3v) is 7.03. The summed E-state index contributed by atoms with van der Waals surface area (Å²) in [5.74, 6) is -0.478. The van der Waals surface area contributed by atoms with Gasteiger partial charge in [0.2, 0.25) is 0 Å². The molecule has 3 aromatic carbocycles. The average molecular weight is 503 g/mol. The molecular weight excluding hydrogens is 480 g/mol. The molecule has 1 aliphatic heterocycles. The smallest absolute Gasteiger partial charge is 0.301 e. The molecule has 1 aromatic heterocycles.